The van der Waals surface area contributed by atoms with E-state index < -0.39 is 0 Å². The van der Waals surface area contributed by atoms with E-state index in [1.165, 1.54) is 17.1 Å². The van der Waals surface area contributed by atoms with Crippen molar-refractivity contribution in [2.24, 2.45) is 5.41 Å². The maximum atomic E-state index is 13.3. The maximum absolute atomic E-state index is 13.3. The molecule has 31 heavy (non-hydrogen) atoms. The summed E-state index contributed by atoms with van der Waals surface area (Å²) in [6, 6.07) is 4.38. The molecule has 10 heteroatoms. The molecule has 2 aromatic heterocycles. The Hall–Kier alpha value is -3.14. The Morgan fingerprint density at radius 1 is 1.26 bits per heavy atom. The lowest BCUT2D eigenvalue weighted by atomic mass is 9.70. The lowest BCUT2D eigenvalue weighted by Gasteiger charge is -2.36. The van der Waals surface area contributed by atoms with Crippen LogP contribution in [0.2, 0.25) is 0 Å². The molecule has 1 spiro atoms. The number of pyridine rings is 1. The molecule has 1 saturated carbocycles. The molecule has 0 radical (unpaired) electrons. The number of esters is 1. The van der Waals surface area contributed by atoms with Gasteiger partial charge in [0.2, 0.25) is 5.91 Å². The van der Waals surface area contributed by atoms with Gasteiger partial charge in [-0.3, -0.25) is 4.79 Å². The summed E-state index contributed by atoms with van der Waals surface area (Å²) >= 11 is 0. The Bertz CT molecular complexity index is 994. The molecule has 0 aromatic carbocycles. The van der Waals surface area contributed by atoms with E-state index in [1.54, 1.807) is 4.90 Å². The van der Waals surface area contributed by atoms with Crippen molar-refractivity contribution in [1.82, 2.24) is 35.4 Å². The molecule has 1 atom stereocenters. The highest BCUT2D eigenvalue weighted by Crippen LogP contribution is 2.48. The highest BCUT2D eigenvalue weighted by Gasteiger charge is 2.52. The molecule has 1 amide bonds. The number of aromatic nitrogens is 5. The number of nitrogens with zero attached hydrogens (tertiary/aromatic N) is 6. The molecule has 1 saturated heterocycles. The summed E-state index contributed by atoms with van der Waals surface area (Å²) in [5.74, 6) is 0.478. The smallest absolute Gasteiger partial charge is 0.333 e. The van der Waals surface area contributed by atoms with E-state index in [-0.39, 0.29) is 29.9 Å². The second-order valence-corrected chi connectivity index (χ2v) is 8.69. The van der Waals surface area contributed by atoms with Crippen molar-refractivity contribution >= 4 is 11.9 Å². The summed E-state index contributed by atoms with van der Waals surface area (Å²) in [4.78, 5) is 30.9. The number of carbonyl (C=O) groups excluding carboxylic acids is 2. The van der Waals surface area contributed by atoms with Crippen LogP contribution in [0.25, 0.3) is 5.82 Å². The topological polar surface area (TPSA) is 115 Å². The monoisotopic (exact) mass is 423 g/mol. The van der Waals surface area contributed by atoms with Crippen LogP contribution >= 0.6 is 0 Å². The molecule has 2 aromatic rings. The second kappa shape index (κ2) is 7.84. The first-order chi connectivity index (χ1) is 15.0. The Labute approximate surface area is 179 Å². The van der Waals surface area contributed by atoms with Crippen molar-refractivity contribution in [3.05, 3.63) is 42.0 Å². The number of hydrogen-bond acceptors (Lipinski definition) is 8. The van der Waals surface area contributed by atoms with Crippen LogP contribution in [0.1, 0.15) is 44.6 Å². The van der Waals surface area contributed by atoms with E-state index >= 15 is 0 Å². The quantitative estimate of drug-likeness (QED) is 0.712. The van der Waals surface area contributed by atoms with E-state index in [9.17, 15) is 9.59 Å². The van der Waals surface area contributed by atoms with Crippen molar-refractivity contribution in [2.75, 3.05) is 6.61 Å². The average molecular weight is 423 g/mol. The summed E-state index contributed by atoms with van der Waals surface area (Å²) in [6.45, 7) is 2.99. The van der Waals surface area contributed by atoms with Crippen molar-refractivity contribution in [2.45, 2.75) is 57.7 Å². The summed E-state index contributed by atoms with van der Waals surface area (Å²) in [6.07, 6.45) is 9.27. The molecule has 1 N–H and O–H groups in total. The minimum absolute atomic E-state index is 0.0996. The van der Waals surface area contributed by atoms with Gasteiger partial charge in [0.15, 0.2) is 5.82 Å². The third-order valence-corrected chi connectivity index (χ3v) is 6.69. The van der Waals surface area contributed by atoms with Gasteiger partial charge in [0.05, 0.1) is 11.1 Å². The van der Waals surface area contributed by atoms with Gasteiger partial charge < -0.3 is 15.0 Å². The van der Waals surface area contributed by atoms with Crippen LogP contribution in [0.5, 0.6) is 0 Å². The number of tetrazole rings is 1. The van der Waals surface area contributed by atoms with Crippen molar-refractivity contribution < 1.29 is 14.3 Å². The van der Waals surface area contributed by atoms with E-state index in [4.69, 9.17) is 4.74 Å². The predicted octanol–water partition coefficient (Wildman–Crippen LogP) is 1.14. The van der Waals surface area contributed by atoms with Crippen LogP contribution in [-0.2, 0) is 20.9 Å². The fraction of sp³-hybridized carbons (Fsp3) is 0.524. The third kappa shape index (κ3) is 3.71. The van der Waals surface area contributed by atoms with Gasteiger partial charge in [-0.05, 0) is 61.1 Å². The Balaban J connectivity index is 1.16. The molecule has 4 heterocycles. The average Bonchev–Trinajstić information content (AvgIpc) is 3.50. The minimum atomic E-state index is -0.357. The second-order valence-electron chi connectivity index (χ2n) is 8.69. The molecule has 162 valence electrons. The number of rotatable bonds is 5. The van der Waals surface area contributed by atoms with E-state index in [0.717, 1.165) is 44.2 Å². The van der Waals surface area contributed by atoms with Crippen LogP contribution in [0, 0.1) is 5.41 Å². The minimum Gasteiger partial charge on any atom is -0.456 e. The summed E-state index contributed by atoms with van der Waals surface area (Å²) in [5, 5.41) is 14.7. The number of amides is 1. The molecule has 1 aliphatic carbocycles. The zero-order valence-corrected chi connectivity index (χ0v) is 17.4. The first-order valence-electron chi connectivity index (χ1n) is 10.7. The van der Waals surface area contributed by atoms with Gasteiger partial charge in [-0.2, -0.15) is 4.68 Å². The lowest BCUT2D eigenvalue weighted by Crippen LogP contribution is -2.42. The lowest BCUT2D eigenvalue weighted by molar-refractivity contribution is -0.138. The summed E-state index contributed by atoms with van der Waals surface area (Å²) in [5.41, 5.74) is 1.49. The number of cyclic esters (lactones) is 1. The molecule has 3 aliphatic rings. The molecule has 0 bridgehead atoms. The zero-order valence-electron chi connectivity index (χ0n) is 17.4. The zero-order chi connectivity index (χ0) is 21.4. The Morgan fingerprint density at radius 3 is 2.74 bits per heavy atom. The fourth-order valence-corrected chi connectivity index (χ4v) is 5.09. The number of carbonyl (C=O) groups is 2. The first kappa shape index (κ1) is 19.8. The highest BCUT2D eigenvalue weighted by atomic mass is 16.5. The fourth-order valence-electron chi connectivity index (χ4n) is 5.09. The summed E-state index contributed by atoms with van der Waals surface area (Å²) < 4.78 is 6.54. The molecule has 10 nitrogen and oxygen atoms in total. The van der Waals surface area contributed by atoms with Crippen molar-refractivity contribution in [1.29, 1.82) is 0 Å². The van der Waals surface area contributed by atoms with Crippen LogP contribution in [0.15, 0.2) is 36.4 Å². The number of hydrogen-bond donors (Lipinski definition) is 1. The van der Waals surface area contributed by atoms with Crippen molar-refractivity contribution in [3.8, 4) is 5.82 Å². The van der Waals surface area contributed by atoms with Gasteiger partial charge in [0, 0.05) is 30.9 Å². The Kier molecular flexibility index (Phi) is 5.01. The van der Waals surface area contributed by atoms with Crippen molar-refractivity contribution in [3.63, 3.8) is 0 Å². The molecular weight excluding hydrogens is 398 g/mol. The van der Waals surface area contributed by atoms with E-state index in [0.29, 0.717) is 17.6 Å². The van der Waals surface area contributed by atoms with Gasteiger partial charge in [-0.1, -0.05) is 6.07 Å². The summed E-state index contributed by atoms with van der Waals surface area (Å²) in [7, 11) is 0. The van der Waals surface area contributed by atoms with Crippen LogP contribution < -0.4 is 5.32 Å². The molecule has 5 rings (SSSR count). The standard InChI is InChI=1S/C21H25N7O3/c1-14-9-21(20(30)28(14)17-8-19(29)31-12-17)6-4-16(5-7-21)22-10-15-2-3-18(23-11-15)27-13-24-25-26-27/h2-3,8,11,13-14,16,22H,4-7,9-10,12H2,1H3/t14-,16-,21+/m1/s1. The molecule has 2 fully saturated rings. The molecule has 2 aliphatic heterocycles. The maximum Gasteiger partial charge on any atom is 0.333 e. The Morgan fingerprint density at radius 2 is 2.10 bits per heavy atom. The number of ether oxygens (including phenoxy) is 1. The third-order valence-electron chi connectivity index (χ3n) is 6.69. The van der Waals surface area contributed by atoms with Crippen LogP contribution in [-0.4, -0.2) is 60.7 Å². The van der Waals surface area contributed by atoms with E-state index in [1.807, 2.05) is 18.3 Å². The van der Waals surface area contributed by atoms with Crippen LogP contribution in [0.4, 0.5) is 0 Å². The van der Waals surface area contributed by atoms with Gasteiger partial charge in [-0.25, -0.2) is 9.78 Å². The van der Waals surface area contributed by atoms with Crippen LogP contribution in [0.3, 0.4) is 0 Å². The largest absolute Gasteiger partial charge is 0.456 e. The van der Waals surface area contributed by atoms with Gasteiger partial charge in [0.25, 0.3) is 0 Å². The number of likely N-dealkylation sites (tertiary alicyclic amines) is 1. The van der Waals surface area contributed by atoms with E-state index in [2.05, 4.69) is 32.7 Å². The normalized spacial score (nSPS) is 28.3. The van der Waals surface area contributed by atoms with Gasteiger partial charge in [-0.15, -0.1) is 5.10 Å². The van der Waals surface area contributed by atoms with Gasteiger partial charge >= 0.3 is 5.97 Å². The first-order valence-corrected chi connectivity index (χ1v) is 10.7. The molecule has 0 unspecified atom stereocenters. The predicted molar refractivity (Wildman–Crippen MR) is 108 cm³/mol. The number of nitrogens with one attached hydrogen (secondary N) is 1. The van der Waals surface area contributed by atoms with Gasteiger partial charge in [0.1, 0.15) is 12.9 Å². The molecular formula is C21H25N7O3. The highest BCUT2D eigenvalue weighted by molar-refractivity contribution is 5.91. The SMILES string of the molecule is C[C@@H]1C[C@]2(CC[C@H](NCc3ccc(-n4cnnn4)nc3)CC2)C(=O)N1C1=CC(=O)OC1.